The molecule has 31 heavy (non-hydrogen) atoms. The van der Waals surface area contributed by atoms with E-state index in [1.807, 2.05) is 47.4 Å². The number of amides is 1. The highest BCUT2D eigenvalue weighted by atomic mass is 16.2. The van der Waals surface area contributed by atoms with Gasteiger partial charge in [0.1, 0.15) is 5.82 Å². The van der Waals surface area contributed by atoms with Crippen LogP contribution in [0.2, 0.25) is 0 Å². The molecule has 0 unspecified atom stereocenters. The lowest BCUT2D eigenvalue weighted by atomic mass is 10.1. The van der Waals surface area contributed by atoms with Crippen molar-refractivity contribution in [3.8, 4) is 11.4 Å². The molecule has 2 heterocycles. The Labute approximate surface area is 182 Å². The van der Waals surface area contributed by atoms with Gasteiger partial charge >= 0.3 is 0 Å². The fraction of sp³-hybridized carbons (Fsp3) is 0.231. The molecule has 156 valence electrons. The normalized spacial score (nSPS) is 14.8. The third-order valence-electron chi connectivity index (χ3n) is 6.00. The van der Waals surface area contributed by atoms with Gasteiger partial charge in [0, 0.05) is 43.9 Å². The van der Waals surface area contributed by atoms with Crippen molar-refractivity contribution in [2.24, 2.45) is 0 Å². The number of carbonyl (C=O) groups is 1. The summed E-state index contributed by atoms with van der Waals surface area (Å²) in [5.74, 6) is 1.01. The molecule has 0 atom stereocenters. The minimum atomic E-state index is 0.0915. The van der Waals surface area contributed by atoms with E-state index in [2.05, 4.69) is 52.9 Å². The number of likely N-dealkylation sites (N-methyl/N-ethyl adjacent to an activating group) is 1. The number of imidazole rings is 1. The Morgan fingerprint density at radius 1 is 0.871 bits per heavy atom. The van der Waals surface area contributed by atoms with E-state index in [9.17, 15) is 4.79 Å². The molecule has 0 N–H and O–H groups in total. The van der Waals surface area contributed by atoms with Crippen molar-refractivity contribution in [2.75, 3.05) is 33.2 Å². The van der Waals surface area contributed by atoms with Crippen molar-refractivity contribution in [3.63, 3.8) is 0 Å². The summed E-state index contributed by atoms with van der Waals surface area (Å²) >= 11 is 0. The van der Waals surface area contributed by atoms with Crippen LogP contribution in [0.1, 0.15) is 15.9 Å². The largest absolute Gasteiger partial charge is 0.336 e. The Morgan fingerprint density at radius 3 is 2.26 bits per heavy atom. The van der Waals surface area contributed by atoms with Gasteiger partial charge in [-0.15, -0.1) is 0 Å². The molecule has 5 rings (SSSR count). The fourth-order valence-corrected chi connectivity index (χ4v) is 4.19. The summed E-state index contributed by atoms with van der Waals surface area (Å²) in [5, 5.41) is 0. The Bertz CT molecular complexity index is 1190. The molecule has 4 aromatic rings. The standard InChI is InChI=1S/C26H26N4O/c1-28-14-16-29(17-15-28)26(31)22-12-13-24-23(18-22)27-25(21-10-6-3-7-11-21)30(24)19-20-8-4-2-5-9-20/h2-13,18H,14-17,19H2,1H3. The molecule has 1 aliphatic heterocycles. The number of carbonyl (C=O) groups excluding carboxylic acids is 1. The molecule has 1 amide bonds. The zero-order chi connectivity index (χ0) is 21.2. The Kier molecular flexibility index (Phi) is 5.26. The van der Waals surface area contributed by atoms with E-state index < -0.39 is 0 Å². The van der Waals surface area contributed by atoms with Gasteiger partial charge in [0.25, 0.3) is 5.91 Å². The van der Waals surface area contributed by atoms with E-state index in [1.54, 1.807) is 0 Å². The maximum absolute atomic E-state index is 13.1. The van der Waals surface area contributed by atoms with Crippen molar-refractivity contribution >= 4 is 16.9 Å². The van der Waals surface area contributed by atoms with E-state index >= 15 is 0 Å². The second-order valence-corrected chi connectivity index (χ2v) is 8.17. The molecule has 1 aromatic heterocycles. The highest BCUT2D eigenvalue weighted by molar-refractivity contribution is 5.98. The van der Waals surface area contributed by atoms with Crippen LogP contribution in [0.25, 0.3) is 22.4 Å². The van der Waals surface area contributed by atoms with Gasteiger partial charge in [0.05, 0.1) is 11.0 Å². The highest BCUT2D eigenvalue weighted by Crippen LogP contribution is 2.27. The van der Waals surface area contributed by atoms with Gasteiger partial charge in [-0.2, -0.15) is 0 Å². The summed E-state index contributed by atoms with van der Waals surface area (Å²) in [7, 11) is 2.10. The number of benzene rings is 3. The van der Waals surface area contributed by atoms with Gasteiger partial charge in [-0.25, -0.2) is 4.98 Å². The van der Waals surface area contributed by atoms with Crippen LogP contribution in [0.15, 0.2) is 78.9 Å². The van der Waals surface area contributed by atoms with Crippen LogP contribution in [0.4, 0.5) is 0 Å². The van der Waals surface area contributed by atoms with Crippen LogP contribution >= 0.6 is 0 Å². The van der Waals surface area contributed by atoms with Gasteiger partial charge in [0.2, 0.25) is 0 Å². The quantitative estimate of drug-likeness (QED) is 0.508. The van der Waals surface area contributed by atoms with Gasteiger partial charge in [-0.1, -0.05) is 60.7 Å². The average molecular weight is 411 g/mol. The summed E-state index contributed by atoms with van der Waals surface area (Å²) in [6, 6.07) is 26.6. The molecule has 0 saturated carbocycles. The molecule has 3 aromatic carbocycles. The Balaban J connectivity index is 1.55. The summed E-state index contributed by atoms with van der Waals surface area (Å²) in [4.78, 5) is 22.2. The lowest BCUT2D eigenvalue weighted by Crippen LogP contribution is -2.47. The average Bonchev–Trinajstić information content (AvgIpc) is 3.18. The van der Waals surface area contributed by atoms with Gasteiger partial charge < -0.3 is 14.4 Å². The number of rotatable bonds is 4. The molecule has 0 radical (unpaired) electrons. The monoisotopic (exact) mass is 410 g/mol. The number of hydrogen-bond donors (Lipinski definition) is 0. The van der Waals surface area contributed by atoms with Crippen LogP contribution in [0.3, 0.4) is 0 Å². The summed E-state index contributed by atoms with van der Waals surface area (Å²) in [6.07, 6.45) is 0. The molecule has 1 saturated heterocycles. The first-order chi connectivity index (χ1) is 15.2. The molecular weight excluding hydrogens is 384 g/mol. The van der Waals surface area contributed by atoms with E-state index in [4.69, 9.17) is 4.98 Å². The molecule has 0 bridgehead atoms. The van der Waals surface area contributed by atoms with Gasteiger partial charge in [-0.05, 0) is 30.8 Å². The van der Waals surface area contributed by atoms with E-state index in [1.165, 1.54) is 5.56 Å². The van der Waals surface area contributed by atoms with Crippen LogP contribution in [-0.2, 0) is 6.54 Å². The predicted octanol–water partition coefficient (Wildman–Crippen LogP) is 4.14. The molecule has 5 heteroatoms. The van der Waals surface area contributed by atoms with Crippen LogP contribution in [-0.4, -0.2) is 58.5 Å². The van der Waals surface area contributed by atoms with Crippen LogP contribution in [0, 0.1) is 0 Å². The maximum Gasteiger partial charge on any atom is 0.254 e. The zero-order valence-electron chi connectivity index (χ0n) is 17.7. The predicted molar refractivity (Wildman–Crippen MR) is 124 cm³/mol. The summed E-state index contributed by atoms with van der Waals surface area (Å²) in [5.41, 5.74) is 4.89. The third-order valence-corrected chi connectivity index (χ3v) is 6.00. The van der Waals surface area contributed by atoms with E-state index in [0.29, 0.717) is 5.56 Å². The lowest BCUT2D eigenvalue weighted by Gasteiger charge is -2.32. The summed E-state index contributed by atoms with van der Waals surface area (Å²) in [6.45, 7) is 4.10. The number of nitrogens with zero attached hydrogens (tertiary/aromatic N) is 4. The van der Waals surface area contributed by atoms with Crippen LogP contribution in [0.5, 0.6) is 0 Å². The summed E-state index contributed by atoms with van der Waals surface area (Å²) < 4.78 is 2.24. The minimum absolute atomic E-state index is 0.0915. The Hall–Kier alpha value is -3.44. The zero-order valence-corrected chi connectivity index (χ0v) is 17.7. The fourth-order valence-electron chi connectivity index (χ4n) is 4.19. The number of piperazine rings is 1. The number of fused-ring (bicyclic) bond motifs is 1. The molecule has 0 spiro atoms. The van der Waals surface area contributed by atoms with Crippen molar-refractivity contribution in [3.05, 3.63) is 90.0 Å². The van der Waals surface area contributed by atoms with Crippen LogP contribution < -0.4 is 0 Å². The first-order valence-electron chi connectivity index (χ1n) is 10.8. The molecule has 1 aliphatic rings. The second-order valence-electron chi connectivity index (χ2n) is 8.17. The first kappa shape index (κ1) is 19.5. The smallest absolute Gasteiger partial charge is 0.254 e. The second kappa shape index (κ2) is 8.36. The lowest BCUT2D eigenvalue weighted by molar-refractivity contribution is 0.0664. The number of aromatic nitrogens is 2. The van der Waals surface area contributed by atoms with Crippen molar-refractivity contribution in [2.45, 2.75) is 6.54 Å². The number of hydrogen-bond acceptors (Lipinski definition) is 3. The first-order valence-corrected chi connectivity index (χ1v) is 10.8. The SMILES string of the molecule is CN1CCN(C(=O)c2ccc3c(c2)nc(-c2ccccc2)n3Cc2ccccc2)CC1. The van der Waals surface area contributed by atoms with Crippen molar-refractivity contribution in [1.29, 1.82) is 0 Å². The van der Waals surface area contributed by atoms with E-state index in [0.717, 1.165) is 55.1 Å². The maximum atomic E-state index is 13.1. The Morgan fingerprint density at radius 2 is 1.55 bits per heavy atom. The topological polar surface area (TPSA) is 41.4 Å². The van der Waals surface area contributed by atoms with Gasteiger partial charge in [0.15, 0.2) is 0 Å². The molecule has 0 aliphatic carbocycles. The van der Waals surface area contributed by atoms with Crippen molar-refractivity contribution in [1.82, 2.24) is 19.4 Å². The van der Waals surface area contributed by atoms with Gasteiger partial charge in [-0.3, -0.25) is 4.79 Å². The molecule has 1 fully saturated rings. The highest BCUT2D eigenvalue weighted by Gasteiger charge is 2.22. The minimum Gasteiger partial charge on any atom is -0.336 e. The van der Waals surface area contributed by atoms with E-state index in [-0.39, 0.29) is 5.91 Å². The van der Waals surface area contributed by atoms with Crippen molar-refractivity contribution < 1.29 is 4.79 Å². The molecular formula is C26H26N4O. The molecule has 5 nitrogen and oxygen atoms in total. The third kappa shape index (κ3) is 3.97.